The summed E-state index contributed by atoms with van der Waals surface area (Å²) in [5.74, 6) is 0.214. The average Bonchev–Trinajstić information content (AvgIpc) is 2.34. The standard InChI is InChI=1S/C13H13ClN2O/c14-12-5-3-6-13(17)11(12)9-15-8-10-4-1-2-7-16-10/h1-7,15,17H,8-9H2. The van der Waals surface area contributed by atoms with E-state index in [2.05, 4.69) is 10.3 Å². The third-order valence-electron chi connectivity index (χ3n) is 2.43. The summed E-state index contributed by atoms with van der Waals surface area (Å²) in [5, 5.41) is 13.4. The average molecular weight is 249 g/mol. The van der Waals surface area contributed by atoms with Gasteiger partial charge in [-0.25, -0.2) is 0 Å². The van der Waals surface area contributed by atoms with Gasteiger partial charge in [-0.05, 0) is 24.3 Å². The van der Waals surface area contributed by atoms with Crippen molar-refractivity contribution < 1.29 is 5.11 Å². The monoisotopic (exact) mass is 248 g/mol. The molecule has 0 bridgehead atoms. The number of nitrogens with one attached hydrogen (secondary N) is 1. The van der Waals surface area contributed by atoms with Crippen LogP contribution in [0.4, 0.5) is 0 Å². The zero-order valence-electron chi connectivity index (χ0n) is 9.23. The molecule has 0 fully saturated rings. The first-order valence-electron chi connectivity index (χ1n) is 5.34. The molecule has 2 rings (SSSR count). The fourth-order valence-electron chi connectivity index (χ4n) is 1.54. The van der Waals surface area contributed by atoms with Crippen LogP contribution in [-0.4, -0.2) is 10.1 Å². The second-order valence-corrected chi connectivity index (χ2v) is 4.07. The van der Waals surface area contributed by atoms with Gasteiger partial charge in [-0.2, -0.15) is 0 Å². The lowest BCUT2D eigenvalue weighted by Gasteiger charge is -2.08. The minimum absolute atomic E-state index is 0.214. The predicted octanol–water partition coefficient (Wildman–Crippen LogP) is 2.73. The minimum atomic E-state index is 0.214. The second-order valence-electron chi connectivity index (χ2n) is 3.66. The third-order valence-corrected chi connectivity index (χ3v) is 2.78. The molecule has 0 unspecified atom stereocenters. The SMILES string of the molecule is Oc1cccc(Cl)c1CNCc1ccccn1. The molecule has 88 valence electrons. The lowest BCUT2D eigenvalue weighted by Crippen LogP contribution is -2.13. The van der Waals surface area contributed by atoms with Crippen molar-refractivity contribution in [3.05, 3.63) is 58.9 Å². The molecular formula is C13H13ClN2O. The van der Waals surface area contributed by atoms with Gasteiger partial charge in [0.05, 0.1) is 5.69 Å². The van der Waals surface area contributed by atoms with E-state index in [4.69, 9.17) is 11.6 Å². The summed E-state index contributed by atoms with van der Waals surface area (Å²) in [6.07, 6.45) is 1.75. The number of nitrogens with zero attached hydrogens (tertiary/aromatic N) is 1. The zero-order chi connectivity index (χ0) is 12.1. The maximum absolute atomic E-state index is 9.65. The molecule has 1 aromatic carbocycles. The third kappa shape index (κ3) is 3.19. The van der Waals surface area contributed by atoms with Crippen LogP contribution in [0.15, 0.2) is 42.6 Å². The van der Waals surface area contributed by atoms with Crippen LogP contribution in [0.25, 0.3) is 0 Å². The molecule has 2 N–H and O–H groups in total. The number of halogens is 1. The van der Waals surface area contributed by atoms with Crippen LogP contribution in [0.3, 0.4) is 0 Å². The Morgan fingerprint density at radius 2 is 2.00 bits per heavy atom. The van der Waals surface area contributed by atoms with E-state index in [1.54, 1.807) is 24.4 Å². The Hall–Kier alpha value is -1.58. The molecule has 0 atom stereocenters. The van der Waals surface area contributed by atoms with Crippen molar-refractivity contribution in [3.63, 3.8) is 0 Å². The highest BCUT2D eigenvalue weighted by Gasteiger charge is 2.05. The predicted molar refractivity (Wildman–Crippen MR) is 67.9 cm³/mol. The molecule has 3 nitrogen and oxygen atoms in total. The summed E-state index contributed by atoms with van der Waals surface area (Å²) in [7, 11) is 0. The van der Waals surface area contributed by atoms with Crippen molar-refractivity contribution in [3.8, 4) is 5.75 Å². The van der Waals surface area contributed by atoms with Crippen molar-refractivity contribution >= 4 is 11.6 Å². The number of aromatic hydroxyl groups is 1. The van der Waals surface area contributed by atoms with Gasteiger partial charge in [-0.1, -0.05) is 23.7 Å². The number of hydrogen-bond acceptors (Lipinski definition) is 3. The fourth-order valence-corrected chi connectivity index (χ4v) is 1.78. The van der Waals surface area contributed by atoms with Crippen molar-refractivity contribution in [2.45, 2.75) is 13.1 Å². The molecule has 0 radical (unpaired) electrons. The Kier molecular flexibility index (Phi) is 3.96. The fraction of sp³-hybridized carbons (Fsp3) is 0.154. The molecular weight excluding hydrogens is 236 g/mol. The molecule has 0 spiro atoms. The first-order chi connectivity index (χ1) is 8.27. The summed E-state index contributed by atoms with van der Waals surface area (Å²) >= 11 is 6.00. The van der Waals surface area contributed by atoms with E-state index < -0.39 is 0 Å². The van der Waals surface area contributed by atoms with Gasteiger partial charge >= 0.3 is 0 Å². The molecule has 0 aliphatic rings. The molecule has 0 saturated carbocycles. The molecule has 0 amide bonds. The molecule has 2 aromatic rings. The summed E-state index contributed by atoms with van der Waals surface area (Å²) in [5.41, 5.74) is 1.67. The first-order valence-corrected chi connectivity index (χ1v) is 5.72. The van der Waals surface area contributed by atoms with E-state index in [-0.39, 0.29) is 5.75 Å². The van der Waals surface area contributed by atoms with Crippen LogP contribution in [0.2, 0.25) is 5.02 Å². The van der Waals surface area contributed by atoms with E-state index in [9.17, 15) is 5.11 Å². The Morgan fingerprint density at radius 3 is 2.71 bits per heavy atom. The van der Waals surface area contributed by atoms with Crippen LogP contribution < -0.4 is 5.32 Å². The Labute approximate surface area is 105 Å². The highest BCUT2D eigenvalue weighted by molar-refractivity contribution is 6.31. The second kappa shape index (κ2) is 5.66. The molecule has 17 heavy (non-hydrogen) atoms. The minimum Gasteiger partial charge on any atom is -0.508 e. The molecule has 1 aromatic heterocycles. The van der Waals surface area contributed by atoms with Gasteiger partial charge in [0.2, 0.25) is 0 Å². The molecule has 0 aliphatic heterocycles. The van der Waals surface area contributed by atoms with Gasteiger partial charge in [0.15, 0.2) is 0 Å². The van der Waals surface area contributed by atoms with Gasteiger partial charge in [-0.3, -0.25) is 4.98 Å². The summed E-state index contributed by atoms with van der Waals surface area (Å²) in [4.78, 5) is 4.20. The molecule has 0 aliphatic carbocycles. The van der Waals surface area contributed by atoms with Gasteiger partial charge in [0, 0.05) is 29.9 Å². The topological polar surface area (TPSA) is 45.1 Å². The molecule has 0 saturated heterocycles. The van der Waals surface area contributed by atoms with Crippen LogP contribution >= 0.6 is 11.6 Å². The largest absolute Gasteiger partial charge is 0.508 e. The van der Waals surface area contributed by atoms with E-state index in [1.165, 1.54) is 0 Å². The Morgan fingerprint density at radius 1 is 1.12 bits per heavy atom. The smallest absolute Gasteiger partial charge is 0.121 e. The number of rotatable bonds is 4. The molecule has 1 heterocycles. The highest BCUT2D eigenvalue weighted by atomic mass is 35.5. The number of hydrogen-bond donors (Lipinski definition) is 2. The van der Waals surface area contributed by atoms with E-state index in [1.807, 2.05) is 18.2 Å². The van der Waals surface area contributed by atoms with E-state index in [0.29, 0.717) is 23.7 Å². The summed E-state index contributed by atoms with van der Waals surface area (Å²) in [6.45, 7) is 1.16. The number of phenols is 1. The van der Waals surface area contributed by atoms with E-state index >= 15 is 0 Å². The molecule has 4 heteroatoms. The maximum Gasteiger partial charge on any atom is 0.121 e. The van der Waals surface area contributed by atoms with Crippen molar-refractivity contribution in [1.82, 2.24) is 10.3 Å². The Bertz CT molecular complexity index is 468. The number of pyridine rings is 1. The Balaban J connectivity index is 1.95. The first kappa shape index (κ1) is 11.9. The van der Waals surface area contributed by atoms with Crippen molar-refractivity contribution in [2.24, 2.45) is 0 Å². The van der Waals surface area contributed by atoms with Crippen LogP contribution in [0.5, 0.6) is 5.75 Å². The lowest BCUT2D eigenvalue weighted by molar-refractivity contribution is 0.464. The summed E-state index contributed by atoms with van der Waals surface area (Å²) < 4.78 is 0. The van der Waals surface area contributed by atoms with Crippen LogP contribution in [-0.2, 0) is 13.1 Å². The quantitative estimate of drug-likeness (QED) is 0.875. The maximum atomic E-state index is 9.65. The van der Waals surface area contributed by atoms with Gasteiger partial charge in [0.1, 0.15) is 5.75 Å². The van der Waals surface area contributed by atoms with Crippen LogP contribution in [0, 0.1) is 0 Å². The summed E-state index contributed by atoms with van der Waals surface area (Å²) in [6, 6.07) is 10.9. The lowest BCUT2D eigenvalue weighted by atomic mass is 10.2. The number of benzene rings is 1. The van der Waals surface area contributed by atoms with Crippen molar-refractivity contribution in [1.29, 1.82) is 0 Å². The number of phenolic OH excluding ortho intramolecular Hbond substituents is 1. The van der Waals surface area contributed by atoms with Gasteiger partial charge < -0.3 is 10.4 Å². The normalized spacial score (nSPS) is 10.4. The zero-order valence-corrected chi connectivity index (χ0v) is 9.98. The van der Waals surface area contributed by atoms with Gasteiger partial charge in [-0.15, -0.1) is 0 Å². The van der Waals surface area contributed by atoms with Crippen LogP contribution in [0.1, 0.15) is 11.3 Å². The van der Waals surface area contributed by atoms with E-state index in [0.717, 1.165) is 5.69 Å². The highest BCUT2D eigenvalue weighted by Crippen LogP contribution is 2.24. The van der Waals surface area contributed by atoms with Gasteiger partial charge in [0.25, 0.3) is 0 Å². The van der Waals surface area contributed by atoms with Crippen molar-refractivity contribution in [2.75, 3.05) is 0 Å². The number of aromatic nitrogens is 1.